The number of hydrogen-bond acceptors (Lipinski definition) is 3. The molecular weight excluding hydrogens is 353 g/mol. The van der Waals surface area contributed by atoms with Crippen LogP contribution < -0.4 is 5.73 Å². The number of halogens is 2. The molecule has 0 radical (unpaired) electrons. The Kier molecular flexibility index (Phi) is 3.55. The average molecular weight is 364 g/mol. The molecule has 0 bridgehead atoms. The van der Waals surface area contributed by atoms with Crippen LogP contribution in [0.2, 0.25) is 0 Å². The first-order valence-corrected chi connectivity index (χ1v) is 7.92. The molecule has 0 aliphatic carbocycles. The first kappa shape index (κ1) is 14.2. The summed E-state index contributed by atoms with van der Waals surface area (Å²) in [6.07, 6.45) is 0. The molecule has 5 heteroatoms. The number of ketones is 1. The summed E-state index contributed by atoms with van der Waals surface area (Å²) in [5, 5.41) is 2.66. The van der Waals surface area contributed by atoms with Crippen molar-refractivity contribution in [3.05, 3.63) is 62.7 Å². The zero-order valence-electron chi connectivity index (χ0n) is 11.1. The number of nitrogen functional groups attached to an aromatic ring is 1. The van der Waals surface area contributed by atoms with E-state index in [9.17, 15) is 9.18 Å². The van der Waals surface area contributed by atoms with Crippen molar-refractivity contribution in [2.24, 2.45) is 0 Å². The number of fused-ring (bicyclic) bond motifs is 1. The molecule has 3 aromatic rings. The molecule has 2 N–H and O–H groups in total. The van der Waals surface area contributed by atoms with Crippen molar-refractivity contribution in [1.82, 2.24) is 0 Å². The fraction of sp³-hybridized carbons (Fsp3) is 0.0625. The second-order valence-electron chi connectivity index (χ2n) is 4.77. The summed E-state index contributed by atoms with van der Waals surface area (Å²) in [5.74, 6) is -0.677. The van der Waals surface area contributed by atoms with Gasteiger partial charge in [0.05, 0.1) is 0 Å². The maximum Gasteiger partial charge on any atom is 0.194 e. The van der Waals surface area contributed by atoms with E-state index < -0.39 is 5.82 Å². The fourth-order valence-corrected chi connectivity index (χ4v) is 3.79. The molecule has 0 amide bonds. The normalized spacial score (nSPS) is 11.0. The van der Waals surface area contributed by atoms with E-state index in [0.717, 1.165) is 14.6 Å². The van der Waals surface area contributed by atoms with Gasteiger partial charge in [-0.05, 0) is 41.1 Å². The molecule has 1 heterocycles. The lowest BCUT2D eigenvalue weighted by atomic mass is 10.0. The van der Waals surface area contributed by atoms with Crippen LogP contribution in [0.3, 0.4) is 0 Å². The highest BCUT2D eigenvalue weighted by atomic mass is 79.9. The van der Waals surface area contributed by atoms with Gasteiger partial charge in [0.15, 0.2) is 5.78 Å². The van der Waals surface area contributed by atoms with E-state index in [1.54, 1.807) is 12.3 Å². The van der Waals surface area contributed by atoms with Gasteiger partial charge in [-0.2, -0.15) is 0 Å². The third kappa shape index (κ3) is 2.36. The van der Waals surface area contributed by atoms with Gasteiger partial charge in [-0.3, -0.25) is 4.79 Å². The van der Waals surface area contributed by atoms with Gasteiger partial charge >= 0.3 is 0 Å². The van der Waals surface area contributed by atoms with Crippen LogP contribution in [0.5, 0.6) is 0 Å². The highest BCUT2D eigenvalue weighted by Crippen LogP contribution is 2.33. The second-order valence-corrected chi connectivity index (χ2v) is 6.50. The van der Waals surface area contributed by atoms with Gasteiger partial charge in [0.25, 0.3) is 0 Å². The molecule has 0 saturated carbocycles. The van der Waals surface area contributed by atoms with Crippen molar-refractivity contribution < 1.29 is 9.18 Å². The Balaban J connectivity index is 2.15. The summed E-state index contributed by atoms with van der Waals surface area (Å²) in [7, 11) is 0. The topological polar surface area (TPSA) is 43.1 Å². The van der Waals surface area contributed by atoms with Crippen LogP contribution in [-0.4, -0.2) is 5.78 Å². The second kappa shape index (κ2) is 5.24. The molecule has 0 fully saturated rings. The van der Waals surface area contributed by atoms with E-state index in [1.165, 1.54) is 23.5 Å². The number of carbonyl (C=O) groups excluding carboxylic acids is 1. The lowest BCUT2D eigenvalue weighted by Crippen LogP contribution is -2.04. The molecule has 1 aromatic heterocycles. The van der Waals surface area contributed by atoms with Crippen LogP contribution in [0.25, 0.3) is 10.1 Å². The molecule has 3 rings (SSSR count). The molecule has 21 heavy (non-hydrogen) atoms. The van der Waals surface area contributed by atoms with Gasteiger partial charge in [-0.25, -0.2) is 4.39 Å². The standard InChI is InChI=1S/C16H11BrFNOS/c1-8-13(18)5-9(6-14(8)19)15(20)11-7-21-16-10(11)3-2-4-12(16)17/h2-7H,19H2,1H3. The quantitative estimate of drug-likeness (QED) is 0.518. The lowest BCUT2D eigenvalue weighted by molar-refractivity contribution is 0.104. The first-order valence-electron chi connectivity index (χ1n) is 6.25. The molecule has 2 nitrogen and oxygen atoms in total. The highest BCUT2D eigenvalue weighted by Gasteiger charge is 2.17. The van der Waals surface area contributed by atoms with E-state index in [-0.39, 0.29) is 11.3 Å². The zero-order chi connectivity index (χ0) is 15.1. The largest absolute Gasteiger partial charge is 0.398 e. The average Bonchev–Trinajstić information content (AvgIpc) is 2.89. The number of hydrogen-bond donors (Lipinski definition) is 1. The third-order valence-corrected chi connectivity index (χ3v) is 5.40. The lowest BCUT2D eigenvalue weighted by Gasteiger charge is -2.06. The smallest absolute Gasteiger partial charge is 0.194 e. The van der Waals surface area contributed by atoms with Crippen LogP contribution in [0.15, 0.2) is 40.2 Å². The Bertz CT molecular complexity index is 849. The van der Waals surface area contributed by atoms with Crippen LogP contribution >= 0.6 is 27.3 Å². The minimum atomic E-state index is -0.459. The monoisotopic (exact) mass is 363 g/mol. The van der Waals surface area contributed by atoms with Gasteiger partial charge < -0.3 is 5.73 Å². The molecule has 0 aliphatic heterocycles. The third-order valence-electron chi connectivity index (χ3n) is 3.44. The van der Waals surface area contributed by atoms with Gasteiger partial charge in [0.1, 0.15) is 5.82 Å². The van der Waals surface area contributed by atoms with E-state index >= 15 is 0 Å². The van der Waals surface area contributed by atoms with Gasteiger partial charge in [0.2, 0.25) is 0 Å². The van der Waals surface area contributed by atoms with Crippen molar-refractivity contribution >= 4 is 48.8 Å². The number of anilines is 1. The van der Waals surface area contributed by atoms with Crippen LogP contribution in [0.1, 0.15) is 21.5 Å². The maximum atomic E-state index is 13.8. The minimum absolute atomic E-state index is 0.218. The van der Waals surface area contributed by atoms with Gasteiger partial charge in [0, 0.05) is 42.3 Å². The number of benzene rings is 2. The molecule has 0 unspecified atom stereocenters. The zero-order valence-corrected chi connectivity index (χ0v) is 13.5. The van der Waals surface area contributed by atoms with Crippen LogP contribution in [-0.2, 0) is 0 Å². The Morgan fingerprint density at radius 3 is 2.81 bits per heavy atom. The number of thiophene rings is 1. The van der Waals surface area contributed by atoms with E-state index in [1.807, 2.05) is 18.2 Å². The molecular formula is C16H11BrFNOS. The van der Waals surface area contributed by atoms with Crippen molar-refractivity contribution in [3.63, 3.8) is 0 Å². The Labute approximate surface area is 133 Å². The summed E-state index contributed by atoms with van der Waals surface area (Å²) in [5.41, 5.74) is 7.25. The van der Waals surface area contributed by atoms with E-state index in [4.69, 9.17) is 5.73 Å². The summed E-state index contributed by atoms with van der Waals surface area (Å²) >= 11 is 4.95. The Morgan fingerprint density at radius 2 is 2.10 bits per heavy atom. The Hall–Kier alpha value is -1.72. The fourth-order valence-electron chi connectivity index (χ4n) is 2.18. The van der Waals surface area contributed by atoms with Crippen molar-refractivity contribution in [2.45, 2.75) is 6.92 Å². The molecule has 106 valence electrons. The van der Waals surface area contributed by atoms with Crippen LogP contribution in [0, 0.1) is 12.7 Å². The Morgan fingerprint density at radius 1 is 1.33 bits per heavy atom. The predicted octanol–water partition coefficient (Wildman–Crippen LogP) is 4.92. The summed E-state index contributed by atoms with van der Waals surface area (Å²) in [4.78, 5) is 12.6. The summed E-state index contributed by atoms with van der Waals surface area (Å²) < 4.78 is 15.7. The number of carbonyl (C=O) groups is 1. The SMILES string of the molecule is Cc1c(N)cc(C(=O)c2csc3c(Br)cccc23)cc1F. The predicted molar refractivity (Wildman–Crippen MR) is 88.5 cm³/mol. The van der Waals surface area contributed by atoms with Crippen LogP contribution in [0.4, 0.5) is 10.1 Å². The highest BCUT2D eigenvalue weighted by molar-refractivity contribution is 9.10. The number of nitrogens with two attached hydrogens (primary N) is 1. The minimum Gasteiger partial charge on any atom is -0.398 e. The first-order chi connectivity index (χ1) is 9.99. The van der Waals surface area contributed by atoms with Crippen molar-refractivity contribution in [3.8, 4) is 0 Å². The molecule has 0 atom stereocenters. The summed E-state index contributed by atoms with van der Waals surface area (Å²) in [6, 6.07) is 8.46. The number of rotatable bonds is 2. The van der Waals surface area contributed by atoms with Gasteiger partial charge in [-0.15, -0.1) is 11.3 Å². The summed E-state index contributed by atoms with van der Waals surface area (Å²) in [6.45, 7) is 1.59. The molecule has 0 saturated heterocycles. The van der Waals surface area contributed by atoms with Gasteiger partial charge in [-0.1, -0.05) is 12.1 Å². The molecule has 2 aromatic carbocycles. The molecule has 0 spiro atoms. The molecule has 0 aliphatic rings. The van der Waals surface area contributed by atoms with E-state index in [0.29, 0.717) is 16.8 Å². The maximum absolute atomic E-state index is 13.8. The van der Waals surface area contributed by atoms with Crippen molar-refractivity contribution in [1.29, 1.82) is 0 Å². The van der Waals surface area contributed by atoms with Crippen molar-refractivity contribution in [2.75, 3.05) is 5.73 Å². The van der Waals surface area contributed by atoms with E-state index in [2.05, 4.69) is 15.9 Å².